The molecule has 2 N–H and O–H groups in total. The van der Waals surface area contributed by atoms with Gasteiger partial charge in [0.15, 0.2) is 17.8 Å². The normalized spacial score (nSPS) is 25.0. The zero-order valence-electron chi connectivity index (χ0n) is 26.4. The van der Waals surface area contributed by atoms with Gasteiger partial charge in [-0.3, -0.25) is 14.5 Å². The number of halogens is 1. The molecule has 4 fully saturated rings. The molecule has 3 aromatic rings. The number of alkyl halides is 1. The van der Waals surface area contributed by atoms with Crippen LogP contribution in [0.1, 0.15) is 24.8 Å². The fourth-order valence-corrected chi connectivity index (χ4v) is 6.71. The summed E-state index contributed by atoms with van der Waals surface area (Å²) in [4.78, 5) is 43.8. The van der Waals surface area contributed by atoms with Crippen molar-refractivity contribution < 1.29 is 28.6 Å². The third kappa shape index (κ3) is 6.80. The summed E-state index contributed by atoms with van der Waals surface area (Å²) in [7, 11) is 0. The van der Waals surface area contributed by atoms with E-state index in [-0.39, 0.29) is 55.4 Å². The van der Waals surface area contributed by atoms with Crippen LogP contribution in [-0.2, 0) is 14.3 Å². The summed E-state index contributed by atoms with van der Waals surface area (Å²) in [5, 5.41) is 22.8. The SMILES string of the molecule is N#Cc1cc(-c2ncnc(Nc3ccc(N4CCN(C5COC5)CC4)cc3)n2)ccc1O[C@H]1CCN(C(=O)[C@H]2CC(=O)[C@@H](O)C2)C[C@H]1F. The van der Waals surface area contributed by atoms with Crippen molar-refractivity contribution in [1.29, 1.82) is 5.26 Å². The first-order valence-corrected chi connectivity index (χ1v) is 16.3. The number of benzene rings is 2. The largest absolute Gasteiger partial charge is 0.486 e. The molecular weight excluding hydrogens is 619 g/mol. The van der Waals surface area contributed by atoms with Gasteiger partial charge in [0.2, 0.25) is 11.9 Å². The van der Waals surface area contributed by atoms with E-state index in [0.717, 1.165) is 50.8 Å². The number of Topliss-reactive ketones (excluding diaryl/α,β-unsaturated/α-hetero) is 1. The maximum atomic E-state index is 15.2. The average Bonchev–Trinajstić information content (AvgIpc) is 3.43. The number of nitrogens with zero attached hydrogens (tertiary/aromatic N) is 7. The number of aliphatic hydroxyl groups excluding tert-OH is 1. The lowest BCUT2D eigenvalue weighted by Crippen LogP contribution is -2.56. The number of piperidine rings is 1. The lowest BCUT2D eigenvalue weighted by atomic mass is 10.0. The molecule has 1 aromatic heterocycles. The van der Waals surface area contributed by atoms with Gasteiger partial charge >= 0.3 is 0 Å². The minimum atomic E-state index is -1.49. The maximum absolute atomic E-state index is 15.2. The molecule has 250 valence electrons. The Balaban J connectivity index is 0.953. The van der Waals surface area contributed by atoms with Crippen molar-refractivity contribution in [3.8, 4) is 23.2 Å². The minimum Gasteiger partial charge on any atom is -0.486 e. The standard InChI is InChI=1S/C34H37FN8O5/c35-27-17-43(33(46)22-14-28(44)29(45)15-22)8-7-31(27)48-30-6-1-21(13-23(30)16-36)32-37-20-38-34(40-32)39-24-2-4-25(5-3-24)41-9-11-42(12-10-41)26-18-47-19-26/h1-6,13,20,22,26-28,31,44H,7-12,14-15,17-19H2,(H,37,38,39,40)/t22-,27-,28+,31+/m1/s1. The molecule has 0 spiro atoms. The second-order valence-corrected chi connectivity index (χ2v) is 12.7. The highest BCUT2D eigenvalue weighted by molar-refractivity contribution is 5.92. The quantitative estimate of drug-likeness (QED) is 0.365. The molecule has 1 aliphatic carbocycles. The molecule has 7 rings (SSSR count). The summed E-state index contributed by atoms with van der Waals surface area (Å²) in [6.45, 7) is 5.75. The van der Waals surface area contributed by atoms with Gasteiger partial charge < -0.3 is 29.7 Å². The van der Waals surface area contributed by atoms with Crippen molar-refractivity contribution in [2.75, 3.05) is 62.7 Å². The fraction of sp³-hybridized carbons (Fsp3) is 0.471. The monoisotopic (exact) mass is 656 g/mol. The number of amides is 1. The van der Waals surface area contributed by atoms with Gasteiger partial charge in [-0.25, -0.2) is 14.4 Å². The van der Waals surface area contributed by atoms with Crippen LogP contribution < -0.4 is 15.0 Å². The highest BCUT2D eigenvalue weighted by Gasteiger charge is 2.41. The molecule has 1 saturated carbocycles. The summed E-state index contributed by atoms with van der Waals surface area (Å²) in [6.07, 6.45) is -1.80. The molecule has 3 aliphatic heterocycles. The molecule has 13 nitrogen and oxygen atoms in total. The number of piperazine rings is 1. The number of carbonyl (C=O) groups excluding carboxylic acids is 2. The average molecular weight is 657 g/mol. The van der Waals surface area contributed by atoms with Crippen molar-refractivity contribution in [3.63, 3.8) is 0 Å². The van der Waals surface area contributed by atoms with Crippen LogP contribution in [0.3, 0.4) is 0 Å². The van der Waals surface area contributed by atoms with E-state index in [4.69, 9.17) is 9.47 Å². The van der Waals surface area contributed by atoms with E-state index in [0.29, 0.717) is 23.4 Å². The summed E-state index contributed by atoms with van der Waals surface area (Å²) in [5.74, 6) is -0.370. The number of aromatic nitrogens is 3. The second kappa shape index (κ2) is 13.8. The third-order valence-corrected chi connectivity index (χ3v) is 9.62. The molecule has 1 amide bonds. The molecule has 4 heterocycles. The van der Waals surface area contributed by atoms with E-state index < -0.39 is 24.3 Å². The van der Waals surface area contributed by atoms with Crippen LogP contribution >= 0.6 is 0 Å². The number of rotatable bonds is 8. The van der Waals surface area contributed by atoms with Crippen LogP contribution in [0.4, 0.5) is 21.7 Å². The Morgan fingerprint density at radius 2 is 1.88 bits per heavy atom. The number of aliphatic hydroxyl groups is 1. The summed E-state index contributed by atoms with van der Waals surface area (Å²) < 4.78 is 26.5. The lowest BCUT2D eigenvalue weighted by molar-refractivity contribution is -0.140. The minimum absolute atomic E-state index is 0.0212. The molecular formula is C34H37FN8O5. The van der Waals surface area contributed by atoms with Crippen molar-refractivity contribution in [1.82, 2.24) is 24.8 Å². The van der Waals surface area contributed by atoms with E-state index in [2.05, 4.69) is 48.3 Å². The molecule has 2 aromatic carbocycles. The van der Waals surface area contributed by atoms with Gasteiger partial charge in [0, 0.05) is 68.4 Å². The van der Waals surface area contributed by atoms with Crippen LogP contribution in [0.25, 0.3) is 11.4 Å². The van der Waals surface area contributed by atoms with Gasteiger partial charge in [-0.15, -0.1) is 0 Å². The lowest BCUT2D eigenvalue weighted by Gasteiger charge is -2.43. The van der Waals surface area contributed by atoms with Gasteiger partial charge in [-0.1, -0.05) is 0 Å². The van der Waals surface area contributed by atoms with E-state index in [1.165, 1.54) is 11.2 Å². The summed E-state index contributed by atoms with van der Waals surface area (Å²) in [6, 6.07) is 15.7. The Kier molecular flexibility index (Phi) is 9.16. The molecule has 14 heteroatoms. The predicted octanol–water partition coefficient (Wildman–Crippen LogP) is 2.33. The Morgan fingerprint density at radius 3 is 2.54 bits per heavy atom. The van der Waals surface area contributed by atoms with E-state index in [9.17, 15) is 20.0 Å². The highest BCUT2D eigenvalue weighted by atomic mass is 19.1. The van der Waals surface area contributed by atoms with Gasteiger partial charge in [-0.05, 0) is 48.9 Å². The third-order valence-electron chi connectivity index (χ3n) is 9.62. The van der Waals surface area contributed by atoms with Crippen molar-refractivity contribution in [3.05, 3.63) is 54.4 Å². The molecule has 0 radical (unpaired) electrons. The number of hydrogen-bond acceptors (Lipinski definition) is 12. The molecule has 48 heavy (non-hydrogen) atoms. The van der Waals surface area contributed by atoms with E-state index in [1.54, 1.807) is 18.2 Å². The van der Waals surface area contributed by atoms with Gasteiger partial charge in [0.1, 0.15) is 30.4 Å². The van der Waals surface area contributed by atoms with Gasteiger partial charge in [-0.2, -0.15) is 10.2 Å². The van der Waals surface area contributed by atoms with E-state index in [1.807, 2.05) is 12.1 Å². The first-order valence-electron chi connectivity index (χ1n) is 16.3. The second-order valence-electron chi connectivity index (χ2n) is 12.7. The number of likely N-dealkylation sites (tertiary alicyclic amines) is 1. The summed E-state index contributed by atoms with van der Waals surface area (Å²) >= 11 is 0. The van der Waals surface area contributed by atoms with Crippen LogP contribution in [0.5, 0.6) is 5.75 Å². The Labute approximate surface area is 277 Å². The first kappa shape index (κ1) is 31.9. The zero-order valence-corrected chi connectivity index (χ0v) is 26.4. The number of ketones is 1. The number of ether oxygens (including phenoxy) is 2. The van der Waals surface area contributed by atoms with Crippen molar-refractivity contribution >= 4 is 29.0 Å². The summed E-state index contributed by atoms with van der Waals surface area (Å²) in [5.41, 5.74) is 2.75. The Hall–Kier alpha value is -4.71. The molecule has 3 saturated heterocycles. The zero-order chi connectivity index (χ0) is 33.2. The molecule has 0 unspecified atom stereocenters. The predicted molar refractivity (Wildman–Crippen MR) is 172 cm³/mol. The maximum Gasteiger partial charge on any atom is 0.230 e. The fourth-order valence-electron chi connectivity index (χ4n) is 6.71. The Morgan fingerprint density at radius 1 is 1.08 bits per heavy atom. The topological polar surface area (TPSA) is 157 Å². The van der Waals surface area contributed by atoms with Crippen molar-refractivity contribution in [2.24, 2.45) is 5.92 Å². The number of carbonyl (C=O) groups is 2. The number of hydrogen-bond donors (Lipinski definition) is 2. The van der Waals surface area contributed by atoms with Crippen LogP contribution in [0.2, 0.25) is 0 Å². The van der Waals surface area contributed by atoms with Crippen LogP contribution in [0, 0.1) is 17.2 Å². The first-order chi connectivity index (χ1) is 23.3. The smallest absolute Gasteiger partial charge is 0.230 e. The van der Waals surface area contributed by atoms with Crippen molar-refractivity contribution in [2.45, 2.75) is 43.7 Å². The molecule has 0 bridgehead atoms. The molecule has 4 aliphatic rings. The molecule has 4 atom stereocenters. The van der Waals surface area contributed by atoms with Gasteiger partial charge in [0.25, 0.3) is 0 Å². The van der Waals surface area contributed by atoms with Crippen LogP contribution in [-0.4, -0.2) is 118 Å². The highest BCUT2D eigenvalue weighted by Crippen LogP contribution is 2.31. The van der Waals surface area contributed by atoms with E-state index >= 15 is 4.39 Å². The number of nitrogens with one attached hydrogen (secondary N) is 1. The number of nitriles is 1. The number of anilines is 3. The Bertz CT molecular complexity index is 1690. The van der Waals surface area contributed by atoms with Crippen LogP contribution in [0.15, 0.2) is 48.8 Å². The van der Waals surface area contributed by atoms with Gasteiger partial charge in [0.05, 0.1) is 31.4 Å².